The van der Waals surface area contributed by atoms with Crippen LogP contribution in [0.2, 0.25) is 0 Å². The Morgan fingerprint density at radius 3 is 2.56 bits per heavy atom. The Morgan fingerprint density at radius 1 is 1.39 bits per heavy atom. The van der Waals surface area contributed by atoms with Crippen LogP contribution in [-0.2, 0) is 10.0 Å². The lowest BCUT2D eigenvalue weighted by Gasteiger charge is -2.08. The highest BCUT2D eigenvalue weighted by molar-refractivity contribution is 7.92. The van der Waals surface area contributed by atoms with Crippen molar-refractivity contribution in [2.75, 3.05) is 11.0 Å². The average molecular weight is 272 g/mol. The molecular weight excluding hydrogens is 260 g/mol. The van der Waals surface area contributed by atoms with E-state index in [1.807, 2.05) is 0 Å². The number of nitro groups is 1. The quantitative estimate of drug-likeness (QED) is 0.647. The molecule has 8 heteroatoms. The molecule has 1 aliphatic rings. The molecule has 0 saturated heterocycles. The number of nitrogens with zero attached hydrogens (tertiary/aromatic N) is 1. The average Bonchev–Trinajstić information content (AvgIpc) is 2.98. The number of ether oxygens (including phenoxy) is 1. The van der Waals surface area contributed by atoms with Crippen LogP contribution in [0.25, 0.3) is 0 Å². The van der Waals surface area contributed by atoms with E-state index in [0.717, 1.165) is 25.2 Å². The van der Waals surface area contributed by atoms with Gasteiger partial charge in [-0.25, -0.2) is 8.42 Å². The van der Waals surface area contributed by atoms with Gasteiger partial charge in [0.2, 0.25) is 10.0 Å². The minimum atomic E-state index is -3.48. The van der Waals surface area contributed by atoms with Crippen molar-refractivity contribution in [3.8, 4) is 5.75 Å². The van der Waals surface area contributed by atoms with Gasteiger partial charge in [-0.2, -0.15) is 0 Å². The van der Waals surface area contributed by atoms with E-state index in [2.05, 4.69) is 4.72 Å². The van der Waals surface area contributed by atoms with Crippen molar-refractivity contribution in [1.29, 1.82) is 0 Å². The third-order valence-corrected chi connectivity index (χ3v) is 2.84. The number of benzene rings is 1. The minimum Gasteiger partial charge on any atom is -0.490 e. The van der Waals surface area contributed by atoms with E-state index >= 15 is 0 Å². The van der Waals surface area contributed by atoms with Gasteiger partial charge in [0.25, 0.3) is 5.69 Å². The van der Waals surface area contributed by atoms with Crippen molar-refractivity contribution in [3.05, 3.63) is 28.3 Å². The summed E-state index contributed by atoms with van der Waals surface area (Å²) in [5.41, 5.74) is -0.0818. The van der Waals surface area contributed by atoms with Crippen molar-refractivity contribution in [1.82, 2.24) is 0 Å². The number of hydrogen-bond donors (Lipinski definition) is 1. The standard InChI is InChI=1S/C10H12N2O5S/c1-18(15,16)11-7-4-8(12(13)14)6-10(5-7)17-9-2-3-9/h4-6,9,11H,2-3H2,1H3. The van der Waals surface area contributed by atoms with Crippen molar-refractivity contribution in [2.45, 2.75) is 18.9 Å². The number of sulfonamides is 1. The number of non-ortho nitro benzene ring substituents is 1. The lowest BCUT2D eigenvalue weighted by atomic mass is 10.2. The molecular formula is C10H12N2O5S. The molecule has 0 atom stereocenters. The smallest absolute Gasteiger partial charge is 0.275 e. The maximum atomic E-state index is 11.1. The van der Waals surface area contributed by atoms with E-state index in [1.54, 1.807) is 0 Å². The predicted octanol–water partition coefficient (Wildman–Crippen LogP) is 1.51. The lowest BCUT2D eigenvalue weighted by molar-refractivity contribution is -0.384. The SMILES string of the molecule is CS(=O)(=O)Nc1cc(OC2CC2)cc([N+](=O)[O-])c1. The summed E-state index contributed by atoms with van der Waals surface area (Å²) in [4.78, 5) is 10.2. The highest BCUT2D eigenvalue weighted by Gasteiger charge is 2.24. The van der Waals surface area contributed by atoms with Crippen LogP contribution < -0.4 is 9.46 Å². The fourth-order valence-corrected chi connectivity index (χ4v) is 1.95. The summed E-state index contributed by atoms with van der Waals surface area (Å²) < 4.78 is 29.8. The minimum absolute atomic E-state index is 0.0816. The van der Waals surface area contributed by atoms with Crippen LogP contribution in [0.15, 0.2) is 18.2 Å². The van der Waals surface area contributed by atoms with Gasteiger partial charge in [0.05, 0.1) is 29.0 Å². The molecule has 1 aromatic carbocycles. The van der Waals surface area contributed by atoms with Crippen LogP contribution in [0.4, 0.5) is 11.4 Å². The fraction of sp³-hybridized carbons (Fsp3) is 0.400. The van der Waals surface area contributed by atoms with Crippen LogP contribution >= 0.6 is 0 Å². The Hall–Kier alpha value is -1.83. The van der Waals surface area contributed by atoms with Gasteiger partial charge in [0.1, 0.15) is 5.75 Å². The maximum Gasteiger partial charge on any atom is 0.275 e. The first-order chi connectivity index (χ1) is 8.33. The van der Waals surface area contributed by atoms with Gasteiger partial charge in [-0.1, -0.05) is 0 Å². The van der Waals surface area contributed by atoms with Gasteiger partial charge in [0.15, 0.2) is 0 Å². The van der Waals surface area contributed by atoms with Gasteiger partial charge in [-0.15, -0.1) is 0 Å². The second-order valence-corrected chi connectivity index (χ2v) is 5.91. The molecule has 0 aliphatic heterocycles. The van der Waals surface area contributed by atoms with Crippen molar-refractivity contribution in [3.63, 3.8) is 0 Å². The van der Waals surface area contributed by atoms with E-state index < -0.39 is 14.9 Å². The highest BCUT2D eigenvalue weighted by Crippen LogP contribution is 2.31. The largest absolute Gasteiger partial charge is 0.490 e. The van der Waals surface area contributed by atoms with E-state index in [1.165, 1.54) is 12.1 Å². The second kappa shape index (κ2) is 4.45. The molecule has 1 aliphatic carbocycles. The number of nitro benzene ring substituents is 1. The molecule has 18 heavy (non-hydrogen) atoms. The first-order valence-corrected chi connectivity index (χ1v) is 7.16. The molecule has 0 bridgehead atoms. The monoisotopic (exact) mass is 272 g/mol. The van der Waals surface area contributed by atoms with Crippen molar-refractivity contribution in [2.24, 2.45) is 0 Å². The zero-order chi connectivity index (χ0) is 13.3. The summed E-state index contributed by atoms with van der Waals surface area (Å²) in [7, 11) is -3.48. The summed E-state index contributed by atoms with van der Waals surface area (Å²) in [6, 6.07) is 3.87. The lowest BCUT2D eigenvalue weighted by Crippen LogP contribution is -2.10. The van der Waals surface area contributed by atoms with Crippen LogP contribution in [-0.4, -0.2) is 25.7 Å². The molecule has 7 nitrogen and oxygen atoms in total. The first-order valence-electron chi connectivity index (χ1n) is 5.27. The Labute approximate surface area is 104 Å². The molecule has 1 fully saturated rings. The molecule has 0 unspecified atom stereocenters. The molecule has 1 saturated carbocycles. The zero-order valence-electron chi connectivity index (χ0n) is 9.62. The molecule has 98 valence electrons. The zero-order valence-corrected chi connectivity index (χ0v) is 10.4. The first kappa shape index (κ1) is 12.6. The van der Waals surface area contributed by atoms with Gasteiger partial charge in [0, 0.05) is 12.1 Å². The number of anilines is 1. The molecule has 1 aromatic rings. The van der Waals surface area contributed by atoms with Gasteiger partial charge in [-0.05, 0) is 12.8 Å². The summed E-state index contributed by atoms with van der Waals surface area (Å²) in [6.07, 6.45) is 2.89. The van der Waals surface area contributed by atoms with Crippen molar-refractivity contribution < 1.29 is 18.1 Å². The second-order valence-electron chi connectivity index (χ2n) is 4.16. The number of rotatable bonds is 5. The van der Waals surface area contributed by atoms with E-state index in [-0.39, 0.29) is 17.5 Å². The predicted molar refractivity (Wildman–Crippen MR) is 65.2 cm³/mol. The summed E-state index contributed by atoms with van der Waals surface area (Å²) in [6.45, 7) is 0. The van der Waals surface area contributed by atoms with E-state index in [9.17, 15) is 18.5 Å². The van der Waals surface area contributed by atoms with Gasteiger partial charge in [-0.3, -0.25) is 14.8 Å². The van der Waals surface area contributed by atoms with Crippen molar-refractivity contribution >= 4 is 21.4 Å². The molecule has 2 rings (SSSR count). The van der Waals surface area contributed by atoms with Crippen LogP contribution in [0.1, 0.15) is 12.8 Å². The third-order valence-electron chi connectivity index (χ3n) is 2.23. The Morgan fingerprint density at radius 2 is 2.06 bits per heavy atom. The van der Waals surface area contributed by atoms with Crippen LogP contribution in [0.3, 0.4) is 0 Å². The summed E-state index contributed by atoms with van der Waals surface area (Å²) >= 11 is 0. The maximum absolute atomic E-state index is 11.1. The molecule has 0 amide bonds. The summed E-state index contributed by atoms with van der Waals surface area (Å²) in [5.74, 6) is 0.304. The van der Waals surface area contributed by atoms with Crippen LogP contribution in [0.5, 0.6) is 5.75 Å². The van der Waals surface area contributed by atoms with Gasteiger partial charge >= 0.3 is 0 Å². The normalized spacial score (nSPS) is 15.2. The Balaban J connectivity index is 2.32. The van der Waals surface area contributed by atoms with E-state index in [4.69, 9.17) is 4.74 Å². The highest BCUT2D eigenvalue weighted by atomic mass is 32.2. The molecule has 0 heterocycles. The molecule has 0 spiro atoms. The third kappa shape index (κ3) is 3.59. The van der Waals surface area contributed by atoms with E-state index in [0.29, 0.717) is 5.75 Å². The number of nitrogens with one attached hydrogen (secondary N) is 1. The summed E-state index contributed by atoms with van der Waals surface area (Å²) in [5, 5.41) is 10.7. The van der Waals surface area contributed by atoms with Crippen LogP contribution in [0, 0.1) is 10.1 Å². The molecule has 0 radical (unpaired) electrons. The Bertz CT molecular complexity index is 580. The fourth-order valence-electron chi connectivity index (χ4n) is 1.41. The molecule has 1 N–H and O–H groups in total. The number of hydrogen-bond acceptors (Lipinski definition) is 5. The molecule has 0 aromatic heterocycles. The topological polar surface area (TPSA) is 98.5 Å². The Kier molecular flexibility index (Phi) is 3.12. The van der Waals surface area contributed by atoms with Gasteiger partial charge < -0.3 is 4.74 Å².